The van der Waals surface area contributed by atoms with Crippen LogP contribution >= 0.6 is 0 Å². The molecule has 0 bridgehead atoms. The van der Waals surface area contributed by atoms with E-state index in [2.05, 4.69) is 10.5 Å². The number of aromatic nitrogens is 1. The summed E-state index contributed by atoms with van der Waals surface area (Å²) in [6, 6.07) is 8.19. The van der Waals surface area contributed by atoms with Gasteiger partial charge in [0, 0.05) is 17.7 Å². The molecule has 0 unspecified atom stereocenters. The summed E-state index contributed by atoms with van der Waals surface area (Å²) in [4.78, 5) is 22.4. The van der Waals surface area contributed by atoms with Gasteiger partial charge in [-0.3, -0.25) is 4.79 Å². The van der Waals surface area contributed by atoms with Crippen LogP contribution in [-0.4, -0.2) is 22.1 Å². The molecule has 0 aliphatic rings. The number of nitrogens with one attached hydrogen (secondary N) is 1. The van der Waals surface area contributed by atoms with Gasteiger partial charge >= 0.3 is 5.97 Å². The molecule has 0 aliphatic carbocycles. The first-order chi connectivity index (χ1) is 9.54. The summed E-state index contributed by atoms with van der Waals surface area (Å²) in [5.74, 6) is -0.459. The van der Waals surface area contributed by atoms with Crippen molar-refractivity contribution < 1.29 is 19.2 Å². The Morgan fingerprint density at radius 2 is 2.15 bits per heavy atom. The topological polar surface area (TPSA) is 92.4 Å². The third-order valence-corrected chi connectivity index (χ3v) is 2.44. The van der Waals surface area contributed by atoms with Crippen LogP contribution in [0.5, 0.6) is 0 Å². The third kappa shape index (κ3) is 3.55. The number of hydrogen-bond donors (Lipinski definition) is 2. The largest absolute Gasteiger partial charge is 0.478 e. The van der Waals surface area contributed by atoms with Crippen molar-refractivity contribution in [1.82, 2.24) is 5.16 Å². The zero-order chi connectivity index (χ0) is 14.5. The zero-order valence-electron chi connectivity index (χ0n) is 10.7. The molecule has 0 spiro atoms. The highest BCUT2D eigenvalue weighted by molar-refractivity contribution is 6.04. The van der Waals surface area contributed by atoms with Crippen molar-refractivity contribution in [1.29, 1.82) is 0 Å². The van der Waals surface area contributed by atoms with Crippen LogP contribution in [0.15, 0.2) is 40.9 Å². The molecule has 20 heavy (non-hydrogen) atoms. The Bertz CT molecular complexity index is 673. The molecule has 102 valence electrons. The minimum absolute atomic E-state index is 0.332. The Labute approximate surface area is 114 Å². The van der Waals surface area contributed by atoms with Crippen LogP contribution in [0.3, 0.4) is 0 Å². The van der Waals surface area contributed by atoms with E-state index in [1.54, 1.807) is 37.3 Å². The van der Waals surface area contributed by atoms with Gasteiger partial charge in [-0.1, -0.05) is 17.3 Å². The van der Waals surface area contributed by atoms with Gasteiger partial charge in [0.2, 0.25) is 0 Å². The molecule has 2 aromatic rings. The molecule has 0 saturated carbocycles. The molecule has 1 amide bonds. The van der Waals surface area contributed by atoms with Gasteiger partial charge in [0.05, 0.1) is 0 Å². The van der Waals surface area contributed by atoms with Crippen LogP contribution in [0.2, 0.25) is 0 Å². The highest BCUT2D eigenvalue weighted by Gasteiger charge is 2.08. The number of benzene rings is 1. The van der Waals surface area contributed by atoms with Gasteiger partial charge < -0.3 is 14.9 Å². The summed E-state index contributed by atoms with van der Waals surface area (Å²) >= 11 is 0. The summed E-state index contributed by atoms with van der Waals surface area (Å²) in [5, 5.41) is 14.8. The van der Waals surface area contributed by atoms with E-state index in [0.29, 0.717) is 22.7 Å². The van der Waals surface area contributed by atoms with E-state index in [0.717, 1.165) is 6.08 Å². The van der Waals surface area contributed by atoms with Gasteiger partial charge in [-0.05, 0) is 30.7 Å². The molecule has 0 fully saturated rings. The SMILES string of the molecule is Cc1cc(NC(=O)c2cccc(C=CC(=O)O)c2)no1. The van der Waals surface area contributed by atoms with Gasteiger partial charge in [0.15, 0.2) is 5.82 Å². The molecular formula is C14H12N2O4. The number of carboxylic acid groups (broad SMARTS) is 1. The molecule has 0 radical (unpaired) electrons. The summed E-state index contributed by atoms with van der Waals surface area (Å²) in [6.45, 7) is 1.72. The molecule has 2 rings (SSSR count). The lowest BCUT2D eigenvalue weighted by molar-refractivity contribution is -0.131. The van der Waals surface area contributed by atoms with Crippen molar-refractivity contribution in [3.05, 3.63) is 53.3 Å². The maximum Gasteiger partial charge on any atom is 0.328 e. The average Bonchev–Trinajstić information content (AvgIpc) is 2.82. The fraction of sp³-hybridized carbons (Fsp3) is 0.0714. The minimum atomic E-state index is -1.04. The van der Waals surface area contributed by atoms with Crippen LogP contribution in [0, 0.1) is 6.92 Å². The summed E-state index contributed by atoms with van der Waals surface area (Å²) in [5.41, 5.74) is 1.02. The van der Waals surface area contributed by atoms with E-state index in [1.807, 2.05) is 0 Å². The molecule has 6 heteroatoms. The standard InChI is InChI=1S/C14H12N2O4/c1-9-7-12(16-20-9)15-14(19)11-4-2-3-10(8-11)5-6-13(17)18/h2-8H,1H3,(H,17,18)(H,15,16,19). The van der Waals surface area contributed by atoms with Crippen LogP contribution in [0.4, 0.5) is 5.82 Å². The maximum absolute atomic E-state index is 12.0. The normalized spacial score (nSPS) is 10.7. The van der Waals surface area contributed by atoms with E-state index in [9.17, 15) is 9.59 Å². The third-order valence-electron chi connectivity index (χ3n) is 2.44. The molecule has 1 heterocycles. The summed E-state index contributed by atoms with van der Waals surface area (Å²) in [6.07, 6.45) is 2.43. The van der Waals surface area contributed by atoms with Crippen molar-refractivity contribution in [2.24, 2.45) is 0 Å². The quantitative estimate of drug-likeness (QED) is 0.833. The molecule has 0 saturated heterocycles. The Morgan fingerprint density at radius 1 is 1.35 bits per heavy atom. The Balaban J connectivity index is 2.14. The Morgan fingerprint density at radius 3 is 2.80 bits per heavy atom. The second kappa shape index (κ2) is 5.83. The Hall–Kier alpha value is -2.89. The minimum Gasteiger partial charge on any atom is -0.478 e. The van der Waals surface area contributed by atoms with Crippen LogP contribution in [-0.2, 0) is 4.79 Å². The Kier molecular flexibility index (Phi) is 3.95. The van der Waals surface area contributed by atoms with Gasteiger partial charge in [-0.2, -0.15) is 0 Å². The van der Waals surface area contributed by atoms with Crippen molar-refractivity contribution >= 4 is 23.8 Å². The molecule has 1 aromatic heterocycles. The molecule has 1 aromatic carbocycles. The van der Waals surface area contributed by atoms with Crippen LogP contribution in [0.25, 0.3) is 6.08 Å². The monoisotopic (exact) mass is 272 g/mol. The van der Waals surface area contributed by atoms with Gasteiger partial charge in [-0.15, -0.1) is 0 Å². The number of carboxylic acids is 1. The number of hydrogen-bond acceptors (Lipinski definition) is 4. The highest BCUT2D eigenvalue weighted by atomic mass is 16.5. The van der Waals surface area contributed by atoms with Crippen LogP contribution in [0.1, 0.15) is 21.7 Å². The van der Waals surface area contributed by atoms with Gasteiger partial charge in [-0.25, -0.2) is 4.79 Å². The molecule has 2 N–H and O–H groups in total. The summed E-state index contributed by atoms with van der Waals surface area (Å²) in [7, 11) is 0. The summed E-state index contributed by atoms with van der Waals surface area (Å²) < 4.78 is 4.85. The van der Waals surface area contributed by atoms with E-state index >= 15 is 0 Å². The average molecular weight is 272 g/mol. The van der Waals surface area contributed by atoms with Crippen molar-refractivity contribution in [2.45, 2.75) is 6.92 Å². The second-order valence-corrected chi connectivity index (χ2v) is 4.07. The first kappa shape index (κ1) is 13.5. The predicted octanol–water partition coefficient (Wildman–Crippen LogP) is 2.33. The lowest BCUT2D eigenvalue weighted by Gasteiger charge is -2.02. The molecule has 6 nitrogen and oxygen atoms in total. The first-order valence-corrected chi connectivity index (χ1v) is 5.80. The fourth-order valence-corrected chi connectivity index (χ4v) is 1.56. The lowest BCUT2D eigenvalue weighted by atomic mass is 10.1. The van der Waals surface area contributed by atoms with E-state index in [-0.39, 0.29) is 5.91 Å². The van der Waals surface area contributed by atoms with Crippen molar-refractivity contribution in [3.8, 4) is 0 Å². The van der Waals surface area contributed by atoms with Crippen LogP contribution < -0.4 is 5.32 Å². The zero-order valence-corrected chi connectivity index (χ0v) is 10.7. The number of aryl methyl sites for hydroxylation is 1. The van der Waals surface area contributed by atoms with Gasteiger partial charge in [0.25, 0.3) is 5.91 Å². The van der Waals surface area contributed by atoms with Crippen molar-refractivity contribution in [2.75, 3.05) is 5.32 Å². The fourth-order valence-electron chi connectivity index (χ4n) is 1.56. The molecular weight excluding hydrogens is 260 g/mol. The predicted molar refractivity (Wildman–Crippen MR) is 72.3 cm³/mol. The number of anilines is 1. The maximum atomic E-state index is 12.0. The molecule has 0 atom stereocenters. The number of rotatable bonds is 4. The number of amides is 1. The number of carbonyl (C=O) groups excluding carboxylic acids is 1. The number of nitrogens with zero attached hydrogens (tertiary/aromatic N) is 1. The first-order valence-electron chi connectivity index (χ1n) is 5.80. The van der Waals surface area contributed by atoms with E-state index in [1.165, 1.54) is 6.08 Å². The number of carbonyl (C=O) groups is 2. The van der Waals surface area contributed by atoms with Gasteiger partial charge in [0.1, 0.15) is 5.76 Å². The lowest BCUT2D eigenvalue weighted by Crippen LogP contribution is -2.12. The van der Waals surface area contributed by atoms with Crippen molar-refractivity contribution in [3.63, 3.8) is 0 Å². The second-order valence-electron chi connectivity index (χ2n) is 4.07. The van der Waals surface area contributed by atoms with E-state index < -0.39 is 5.97 Å². The van der Waals surface area contributed by atoms with E-state index in [4.69, 9.17) is 9.63 Å². The smallest absolute Gasteiger partial charge is 0.328 e. The molecule has 0 aliphatic heterocycles. The number of aliphatic carboxylic acids is 1. The highest BCUT2D eigenvalue weighted by Crippen LogP contribution is 2.11.